The Hall–Kier alpha value is -1.91. The van der Waals surface area contributed by atoms with Gasteiger partial charge in [0.1, 0.15) is 5.82 Å². The monoisotopic (exact) mass is 319 g/mol. The second-order valence-corrected chi connectivity index (χ2v) is 7.00. The Morgan fingerprint density at radius 2 is 1.96 bits per heavy atom. The highest BCUT2D eigenvalue weighted by Gasteiger charge is 2.47. The topological polar surface area (TPSA) is 57.6 Å². The smallest absolute Gasteiger partial charge is 0.310 e. The van der Waals surface area contributed by atoms with Crippen LogP contribution in [0, 0.1) is 11.2 Å². The number of aliphatic carboxylic acids is 1. The van der Waals surface area contributed by atoms with Gasteiger partial charge in [0.2, 0.25) is 5.91 Å². The first-order valence-corrected chi connectivity index (χ1v) is 8.20. The van der Waals surface area contributed by atoms with E-state index >= 15 is 0 Å². The predicted octanol–water partition coefficient (Wildman–Crippen LogP) is 3.18. The zero-order valence-corrected chi connectivity index (χ0v) is 13.3. The second kappa shape index (κ2) is 5.95. The van der Waals surface area contributed by atoms with Gasteiger partial charge in [-0.15, -0.1) is 0 Å². The molecule has 1 aromatic rings. The lowest BCUT2D eigenvalue weighted by atomic mass is 9.66. The van der Waals surface area contributed by atoms with Gasteiger partial charge in [0.05, 0.1) is 5.41 Å². The van der Waals surface area contributed by atoms with Crippen molar-refractivity contribution in [2.75, 3.05) is 6.54 Å². The van der Waals surface area contributed by atoms with Crippen LogP contribution >= 0.6 is 0 Å². The fraction of sp³-hybridized carbons (Fsp3) is 0.556. The van der Waals surface area contributed by atoms with E-state index < -0.39 is 11.4 Å². The molecule has 0 spiro atoms. The molecule has 1 aliphatic heterocycles. The molecule has 1 saturated carbocycles. The lowest BCUT2D eigenvalue weighted by molar-refractivity contribution is -0.159. The van der Waals surface area contributed by atoms with Gasteiger partial charge in [-0.05, 0) is 43.9 Å². The molecular formula is C18H22FNO3. The molecule has 5 heteroatoms. The van der Waals surface area contributed by atoms with Gasteiger partial charge in [0, 0.05) is 24.9 Å². The van der Waals surface area contributed by atoms with Gasteiger partial charge < -0.3 is 10.0 Å². The molecule has 2 atom stereocenters. The number of likely N-dealkylation sites (tertiary alicyclic amines) is 1. The third-order valence-electron chi connectivity index (χ3n) is 5.49. The standard InChI is InChI=1S/C18H22FNO3/c1-12-9-14(13-3-5-15(19)6-4-13)11-20(12)16(21)10-18(17(22)23)7-2-8-18/h3-6,12,14H,2,7-11H2,1H3,(H,22,23). The van der Waals surface area contributed by atoms with Gasteiger partial charge in [-0.3, -0.25) is 9.59 Å². The van der Waals surface area contributed by atoms with Crippen LogP contribution in [0.15, 0.2) is 24.3 Å². The molecule has 1 N–H and O–H groups in total. The third-order valence-corrected chi connectivity index (χ3v) is 5.49. The molecule has 1 amide bonds. The average molecular weight is 319 g/mol. The molecule has 2 unspecified atom stereocenters. The Bertz CT molecular complexity index is 609. The van der Waals surface area contributed by atoms with Crippen LogP contribution in [0.2, 0.25) is 0 Å². The number of rotatable bonds is 4. The van der Waals surface area contributed by atoms with Crippen molar-refractivity contribution in [3.05, 3.63) is 35.6 Å². The van der Waals surface area contributed by atoms with E-state index in [4.69, 9.17) is 0 Å². The zero-order chi connectivity index (χ0) is 16.6. The van der Waals surface area contributed by atoms with Crippen LogP contribution in [-0.4, -0.2) is 34.5 Å². The number of hydrogen-bond donors (Lipinski definition) is 1. The van der Waals surface area contributed by atoms with Crippen molar-refractivity contribution in [1.82, 2.24) is 4.90 Å². The van der Waals surface area contributed by atoms with Crippen LogP contribution in [0.5, 0.6) is 0 Å². The first-order chi connectivity index (χ1) is 10.9. The van der Waals surface area contributed by atoms with E-state index in [0.29, 0.717) is 19.4 Å². The van der Waals surface area contributed by atoms with Gasteiger partial charge in [-0.25, -0.2) is 4.39 Å². The van der Waals surface area contributed by atoms with E-state index in [1.807, 2.05) is 6.92 Å². The number of carbonyl (C=O) groups is 2. The van der Waals surface area contributed by atoms with E-state index in [0.717, 1.165) is 18.4 Å². The van der Waals surface area contributed by atoms with E-state index in [1.54, 1.807) is 17.0 Å². The van der Waals surface area contributed by atoms with Crippen LogP contribution in [0.1, 0.15) is 50.5 Å². The van der Waals surface area contributed by atoms with Crippen LogP contribution in [0.4, 0.5) is 4.39 Å². The lowest BCUT2D eigenvalue weighted by Gasteiger charge is -2.38. The second-order valence-electron chi connectivity index (χ2n) is 7.00. The predicted molar refractivity (Wildman–Crippen MR) is 83.5 cm³/mol. The van der Waals surface area contributed by atoms with E-state index in [-0.39, 0.29) is 30.1 Å². The fourth-order valence-corrected chi connectivity index (χ4v) is 3.82. The molecular weight excluding hydrogens is 297 g/mol. The highest BCUT2D eigenvalue weighted by Crippen LogP contribution is 2.45. The number of carboxylic acid groups (broad SMARTS) is 1. The molecule has 2 aliphatic rings. The van der Waals surface area contributed by atoms with Crippen molar-refractivity contribution in [1.29, 1.82) is 0 Å². The van der Waals surface area contributed by atoms with Crippen LogP contribution in [0.25, 0.3) is 0 Å². The number of hydrogen-bond acceptors (Lipinski definition) is 2. The van der Waals surface area contributed by atoms with Gasteiger partial charge >= 0.3 is 5.97 Å². The molecule has 1 saturated heterocycles. The largest absolute Gasteiger partial charge is 0.481 e. The van der Waals surface area contributed by atoms with E-state index in [1.165, 1.54) is 12.1 Å². The Labute approximate surface area is 135 Å². The summed E-state index contributed by atoms with van der Waals surface area (Å²) in [7, 11) is 0. The quantitative estimate of drug-likeness (QED) is 0.927. The lowest BCUT2D eigenvalue weighted by Crippen LogP contribution is -2.44. The summed E-state index contributed by atoms with van der Waals surface area (Å²) in [5, 5.41) is 9.39. The average Bonchev–Trinajstić information content (AvgIpc) is 2.85. The number of carbonyl (C=O) groups excluding carboxylic acids is 1. The van der Waals surface area contributed by atoms with Gasteiger partial charge in [-0.2, -0.15) is 0 Å². The van der Waals surface area contributed by atoms with Crippen molar-refractivity contribution in [2.24, 2.45) is 5.41 Å². The normalized spacial score (nSPS) is 25.9. The van der Waals surface area contributed by atoms with Gasteiger partial charge in [0.25, 0.3) is 0 Å². The molecule has 1 aliphatic carbocycles. The maximum Gasteiger partial charge on any atom is 0.310 e. The maximum atomic E-state index is 13.0. The molecule has 2 fully saturated rings. The molecule has 124 valence electrons. The number of carboxylic acids is 1. The number of nitrogens with zero attached hydrogens (tertiary/aromatic N) is 1. The molecule has 3 rings (SSSR count). The highest BCUT2D eigenvalue weighted by molar-refractivity contribution is 5.86. The summed E-state index contributed by atoms with van der Waals surface area (Å²) in [4.78, 5) is 25.9. The minimum absolute atomic E-state index is 0.0655. The summed E-state index contributed by atoms with van der Waals surface area (Å²) < 4.78 is 13.0. The number of halogens is 1. The van der Waals surface area contributed by atoms with Crippen molar-refractivity contribution in [2.45, 2.75) is 51.0 Å². The SMILES string of the molecule is CC1CC(c2ccc(F)cc2)CN1C(=O)CC1(C(=O)O)CCC1. The minimum Gasteiger partial charge on any atom is -0.481 e. The molecule has 4 nitrogen and oxygen atoms in total. The Balaban J connectivity index is 1.67. The van der Waals surface area contributed by atoms with Crippen LogP contribution in [0.3, 0.4) is 0 Å². The molecule has 0 bridgehead atoms. The molecule has 1 aromatic carbocycles. The first-order valence-electron chi connectivity index (χ1n) is 8.20. The van der Waals surface area contributed by atoms with Gasteiger partial charge in [-0.1, -0.05) is 18.6 Å². The van der Waals surface area contributed by atoms with E-state index in [9.17, 15) is 19.1 Å². The third kappa shape index (κ3) is 2.96. The Morgan fingerprint density at radius 1 is 1.30 bits per heavy atom. The van der Waals surface area contributed by atoms with Gasteiger partial charge in [0.15, 0.2) is 0 Å². The highest BCUT2D eigenvalue weighted by atomic mass is 19.1. The summed E-state index contributed by atoms with van der Waals surface area (Å²) in [6.45, 7) is 2.58. The van der Waals surface area contributed by atoms with E-state index in [2.05, 4.69) is 0 Å². The number of amides is 1. The molecule has 23 heavy (non-hydrogen) atoms. The fourth-order valence-electron chi connectivity index (χ4n) is 3.82. The summed E-state index contributed by atoms with van der Waals surface area (Å²) in [6, 6.07) is 6.51. The maximum absolute atomic E-state index is 13.0. The van der Waals surface area contributed by atoms with Crippen molar-refractivity contribution in [3.8, 4) is 0 Å². The van der Waals surface area contributed by atoms with Crippen LogP contribution in [-0.2, 0) is 9.59 Å². The molecule has 0 aromatic heterocycles. The minimum atomic E-state index is -0.848. The zero-order valence-electron chi connectivity index (χ0n) is 13.3. The summed E-state index contributed by atoms with van der Waals surface area (Å²) in [6.07, 6.45) is 3.00. The Kier molecular flexibility index (Phi) is 4.13. The number of benzene rings is 1. The van der Waals surface area contributed by atoms with Crippen molar-refractivity contribution >= 4 is 11.9 Å². The Morgan fingerprint density at radius 3 is 2.48 bits per heavy atom. The summed E-state index contributed by atoms with van der Waals surface area (Å²) in [5.41, 5.74) is 0.190. The van der Waals surface area contributed by atoms with Crippen molar-refractivity contribution < 1.29 is 19.1 Å². The summed E-state index contributed by atoms with van der Waals surface area (Å²) >= 11 is 0. The summed E-state index contributed by atoms with van der Waals surface area (Å²) in [5.74, 6) is -0.985. The van der Waals surface area contributed by atoms with Crippen molar-refractivity contribution in [3.63, 3.8) is 0 Å². The molecule has 0 radical (unpaired) electrons. The molecule has 1 heterocycles. The van der Waals surface area contributed by atoms with Crippen LogP contribution < -0.4 is 0 Å². The first kappa shape index (κ1) is 16.0.